The molecule has 7 nitrogen and oxygen atoms in total. The second-order valence-corrected chi connectivity index (χ2v) is 7.53. The molecule has 10 heteroatoms. The van der Waals surface area contributed by atoms with Gasteiger partial charge in [-0.2, -0.15) is 13.2 Å². The Morgan fingerprint density at radius 1 is 1.00 bits per heavy atom. The quantitative estimate of drug-likeness (QED) is 0.684. The van der Waals surface area contributed by atoms with E-state index < -0.39 is 36.1 Å². The maximum Gasteiger partial charge on any atom is 0.471 e. The average molecular weight is 393 g/mol. The fourth-order valence-corrected chi connectivity index (χ4v) is 3.92. The lowest BCUT2D eigenvalue weighted by molar-refractivity contribution is -0.175. The number of nitrogens with zero attached hydrogens (tertiary/aromatic N) is 1. The summed E-state index contributed by atoms with van der Waals surface area (Å²) in [5.74, 6) is -3.42. The van der Waals surface area contributed by atoms with Crippen molar-refractivity contribution >= 4 is 17.9 Å². The van der Waals surface area contributed by atoms with Gasteiger partial charge in [-0.1, -0.05) is 6.92 Å². The molecular formula is C17H26F3N3O4. The monoisotopic (exact) mass is 393 g/mol. The van der Waals surface area contributed by atoms with Gasteiger partial charge >= 0.3 is 24.1 Å². The van der Waals surface area contributed by atoms with Gasteiger partial charge in [0.15, 0.2) is 0 Å². The van der Waals surface area contributed by atoms with Crippen LogP contribution in [0, 0.1) is 11.8 Å². The Bertz CT molecular complexity index is 576. The number of piperidine rings is 1. The molecule has 1 aliphatic carbocycles. The molecule has 2 rings (SSSR count). The van der Waals surface area contributed by atoms with E-state index >= 15 is 0 Å². The van der Waals surface area contributed by atoms with Gasteiger partial charge in [-0.3, -0.25) is 9.59 Å². The standard InChI is InChI=1S/C17H26F3N3O4/c1-9-7-8-23(10(2)13(9)22-15(26)17(18,19)20)16(27)21-12-5-3-11(4-6-12)14(24)25/h9-13H,3-8H2,1-2H3,(H,21,27)(H,22,26)(H,24,25)/t9-,10-,11?,12?,13-/m0/s1. The van der Waals surface area contributed by atoms with Crippen molar-refractivity contribution < 1.29 is 32.7 Å². The number of likely N-dealkylation sites (tertiary alicyclic amines) is 1. The number of carbonyl (C=O) groups is 3. The Morgan fingerprint density at radius 3 is 2.11 bits per heavy atom. The fourth-order valence-electron chi connectivity index (χ4n) is 3.92. The summed E-state index contributed by atoms with van der Waals surface area (Å²) in [6.07, 6.45) is -2.42. The first kappa shape index (κ1) is 21.3. The fraction of sp³-hybridized carbons (Fsp3) is 0.824. The van der Waals surface area contributed by atoms with Crippen molar-refractivity contribution in [2.75, 3.05) is 6.54 Å². The average Bonchev–Trinajstić information content (AvgIpc) is 2.57. The van der Waals surface area contributed by atoms with Gasteiger partial charge in [-0.25, -0.2) is 4.79 Å². The second kappa shape index (κ2) is 8.35. The van der Waals surface area contributed by atoms with Crippen LogP contribution in [0.3, 0.4) is 0 Å². The van der Waals surface area contributed by atoms with Crippen LogP contribution >= 0.6 is 0 Å². The first-order valence-electron chi connectivity index (χ1n) is 9.18. The first-order valence-corrected chi connectivity index (χ1v) is 9.18. The smallest absolute Gasteiger partial charge is 0.471 e. The van der Waals surface area contributed by atoms with Gasteiger partial charge in [0, 0.05) is 12.6 Å². The topological polar surface area (TPSA) is 98.7 Å². The van der Waals surface area contributed by atoms with Crippen LogP contribution in [0.5, 0.6) is 0 Å². The first-order chi connectivity index (χ1) is 12.5. The molecule has 3 atom stereocenters. The zero-order valence-electron chi connectivity index (χ0n) is 15.4. The molecule has 154 valence electrons. The normalized spacial score (nSPS) is 31.9. The van der Waals surface area contributed by atoms with Crippen LogP contribution in [0.1, 0.15) is 46.0 Å². The number of carbonyl (C=O) groups excluding carboxylic acids is 2. The highest BCUT2D eigenvalue weighted by Crippen LogP contribution is 2.27. The van der Waals surface area contributed by atoms with Gasteiger partial charge in [-0.15, -0.1) is 0 Å². The highest BCUT2D eigenvalue weighted by atomic mass is 19.4. The lowest BCUT2D eigenvalue weighted by atomic mass is 9.86. The molecule has 0 unspecified atom stereocenters. The van der Waals surface area contributed by atoms with Gasteiger partial charge in [-0.05, 0) is 44.9 Å². The summed E-state index contributed by atoms with van der Waals surface area (Å²) in [6, 6.07) is -1.92. The van der Waals surface area contributed by atoms with Crippen LogP contribution in [-0.2, 0) is 9.59 Å². The molecule has 0 spiro atoms. The molecule has 2 aliphatic rings. The largest absolute Gasteiger partial charge is 0.481 e. The number of rotatable bonds is 3. The number of nitrogens with one attached hydrogen (secondary N) is 2. The van der Waals surface area contributed by atoms with Crippen LogP contribution in [0.4, 0.5) is 18.0 Å². The molecule has 0 radical (unpaired) electrons. The molecule has 27 heavy (non-hydrogen) atoms. The van der Waals surface area contributed by atoms with E-state index in [1.165, 1.54) is 4.90 Å². The number of halogens is 3. The van der Waals surface area contributed by atoms with Crippen LogP contribution in [-0.4, -0.2) is 58.8 Å². The highest BCUT2D eigenvalue weighted by molar-refractivity contribution is 5.82. The summed E-state index contributed by atoms with van der Waals surface area (Å²) in [5, 5.41) is 13.9. The summed E-state index contributed by atoms with van der Waals surface area (Å²) in [4.78, 5) is 36.3. The van der Waals surface area contributed by atoms with Crippen LogP contribution < -0.4 is 10.6 Å². The Hall–Kier alpha value is -2.00. The zero-order valence-corrected chi connectivity index (χ0v) is 15.4. The van der Waals surface area contributed by atoms with Crippen molar-refractivity contribution in [3.63, 3.8) is 0 Å². The number of hydrogen-bond acceptors (Lipinski definition) is 3. The molecule has 1 heterocycles. The summed E-state index contributed by atoms with van der Waals surface area (Å²) < 4.78 is 37.7. The van der Waals surface area contributed by atoms with E-state index in [-0.39, 0.29) is 18.0 Å². The van der Waals surface area contributed by atoms with E-state index in [2.05, 4.69) is 5.32 Å². The number of urea groups is 1. The molecule has 3 amide bonds. The molecule has 0 aromatic heterocycles. The minimum Gasteiger partial charge on any atom is -0.481 e. The Kier molecular flexibility index (Phi) is 6.59. The number of amides is 3. The van der Waals surface area contributed by atoms with E-state index in [9.17, 15) is 27.6 Å². The van der Waals surface area contributed by atoms with Crippen molar-refractivity contribution in [1.82, 2.24) is 15.5 Å². The summed E-state index contributed by atoms with van der Waals surface area (Å²) in [6.45, 7) is 3.76. The lowest BCUT2D eigenvalue weighted by Gasteiger charge is -2.43. The van der Waals surface area contributed by atoms with E-state index in [0.717, 1.165) is 0 Å². The number of carboxylic acids is 1. The predicted octanol–water partition coefficient (Wildman–Crippen LogP) is 2.12. The van der Waals surface area contributed by atoms with Gasteiger partial charge in [0.05, 0.1) is 18.0 Å². The third-order valence-corrected chi connectivity index (χ3v) is 5.67. The number of alkyl halides is 3. The van der Waals surface area contributed by atoms with Gasteiger partial charge in [0.25, 0.3) is 0 Å². The van der Waals surface area contributed by atoms with Crippen molar-refractivity contribution in [2.24, 2.45) is 11.8 Å². The van der Waals surface area contributed by atoms with Crippen LogP contribution in [0.25, 0.3) is 0 Å². The van der Waals surface area contributed by atoms with E-state index in [1.54, 1.807) is 13.8 Å². The molecular weight excluding hydrogens is 367 g/mol. The molecule has 0 aromatic carbocycles. The van der Waals surface area contributed by atoms with Gasteiger partial charge in [0.1, 0.15) is 0 Å². The van der Waals surface area contributed by atoms with E-state index in [1.807, 2.05) is 5.32 Å². The molecule has 1 aliphatic heterocycles. The number of aliphatic carboxylic acids is 1. The Labute approximate surface area is 155 Å². The van der Waals surface area contributed by atoms with E-state index in [0.29, 0.717) is 38.6 Å². The highest BCUT2D eigenvalue weighted by Gasteiger charge is 2.44. The lowest BCUT2D eigenvalue weighted by Crippen LogP contribution is -2.62. The molecule has 1 saturated heterocycles. The minimum atomic E-state index is -4.97. The predicted molar refractivity (Wildman–Crippen MR) is 89.8 cm³/mol. The van der Waals surface area contributed by atoms with Gasteiger partial charge < -0.3 is 20.6 Å². The third-order valence-electron chi connectivity index (χ3n) is 5.67. The second-order valence-electron chi connectivity index (χ2n) is 7.53. The molecule has 3 N–H and O–H groups in total. The van der Waals surface area contributed by atoms with Crippen molar-refractivity contribution in [1.29, 1.82) is 0 Å². The number of hydrogen-bond donors (Lipinski definition) is 3. The Morgan fingerprint density at radius 2 is 1.59 bits per heavy atom. The van der Waals surface area contributed by atoms with E-state index in [4.69, 9.17) is 5.11 Å². The number of carboxylic acid groups (broad SMARTS) is 1. The SMILES string of the molecule is C[C@H]1CCN(C(=O)NC2CCC(C(=O)O)CC2)[C@@H](C)[C@H]1NC(=O)C(F)(F)F. The van der Waals surface area contributed by atoms with Gasteiger partial charge in [0.2, 0.25) is 0 Å². The maximum atomic E-state index is 12.6. The maximum absolute atomic E-state index is 12.6. The third kappa shape index (κ3) is 5.26. The minimum absolute atomic E-state index is 0.150. The van der Waals surface area contributed by atoms with Crippen molar-refractivity contribution in [3.8, 4) is 0 Å². The summed E-state index contributed by atoms with van der Waals surface area (Å²) in [7, 11) is 0. The molecule has 0 bridgehead atoms. The molecule has 0 aromatic rings. The van der Waals surface area contributed by atoms with Crippen LogP contribution in [0.15, 0.2) is 0 Å². The Balaban J connectivity index is 1.94. The molecule has 2 fully saturated rings. The zero-order chi connectivity index (χ0) is 20.4. The molecule has 1 saturated carbocycles. The van der Waals surface area contributed by atoms with Crippen LogP contribution in [0.2, 0.25) is 0 Å². The summed E-state index contributed by atoms with van der Waals surface area (Å²) >= 11 is 0. The van der Waals surface area contributed by atoms with Crippen molar-refractivity contribution in [3.05, 3.63) is 0 Å². The summed E-state index contributed by atoms with van der Waals surface area (Å²) in [5.41, 5.74) is 0. The van der Waals surface area contributed by atoms with Crippen molar-refractivity contribution in [2.45, 2.75) is 70.3 Å².